The molecule has 148 valence electrons. The molecule has 0 radical (unpaired) electrons. The summed E-state index contributed by atoms with van der Waals surface area (Å²) in [5.74, 6) is 1.34. The summed E-state index contributed by atoms with van der Waals surface area (Å²) >= 11 is 0. The molecule has 3 aromatic rings. The van der Waals surface area contributed by atoms with Gasteiger partial charge in [-0.15, -0.1) is 0 Å². The minimum absolute atomic E-state index is 0.0928. The standard InChI is InChI=1S/C24H23NO4/c1-18(27-16-19-8-4-2-5-9-19)24(26)25(21-10-6-3-7-11-21)15-20-12-13-22-23(14-20)29-17-28-22/h2-14,18H,15-17H2,1H3. The van der Waals surface area contributed by atoms with Gasteiger partial charge in [-0.3, -0.25) is 4.79 Å². The number of hydrogen-bond donors (Lipinski definition) is 0. The van der Waals surface area contributed by atoms with E-state index in [-0.39, 0.29) is 12.7 Å². The summed E-state index contributed by atoms with van der Waals surface area (Å²) < 4.78 is 16.7. The zero-order chi connectivity index (χ0) is 20.1. The maximum atomic E-state index is 13.2. The molecule has 5 nitrogen and oxygen atoms in total. The number of hydrogen-bond acceptors (Lipinski definition) is 4. The van der Waals surface area contributed by atoms with E-state index in [9.17, 15) is 4.79 Å². The third-order valence-electron chi connectivity index (χ3n) is 4.80. The third kappa shape index (κ3) is 4.58. The fourth-order valence-electron chi connectivity index (χ4n) is 3.21. The number of benzene rings is 3. The molecule has 4 rings (SSSR count). The number of ether oxygens (including phenoxy) is 3. The van der Waals surface area contributed by atoms with Crippen molar-refractivity contribution in [1.29, 1.82) is 0 Å². The molecule has 0 spiro atoms. The number of amides is 1. The normalized spacial score (nSPS) is 13.1. The molecule has 1 heterocycles. The summed E-state index contributed by atoms with van der Waals surface area (Å²) in [5.41, 5.74) is 2.82. The first kappa shape index (κ1) is 19.0. The van der Waals surface area contributed by atoms with E-state index in [4.69, 9.17) is 14.2 Å². The average molecular weight is 389 g/mol. The highest BCUT2D eigenvalue weighted by atomic mass is 16.7. The smallest absolute Gasteiger partial charge is 0.256 e. The lowest BCUT2D eigenvalue weighted by Gasteiger charge is -2.26. The second-order valence-electron chi connectivity index (χ2n) is 6.89. The van der Waals surface area contributed by atoms with Gasteiger partial charge in [-0.25, -0.2) is 0 Å². The fourth-order valence-corrected chi connectivity index (χ4v) is 3.21. The zero-order valence-corrected chi connectivity index (χ0v) is 16.3. The lowest BCUT2D eigenvalue weighted by molar-refractivity contribution is -0.129. The van der Waals surface area contributed by atoms with Crippen LogP contribution >= 0.6 is 0 Å². The highest BCUT2D eigenvalue weighted by molar-refractivity contribution is 5.96. The van der Waals surface area contributed by atoms with Gasteiger partial charge >= 0.3 is 0 Å². The quantitative estimate of drug-likeness (QED) is 0.595. The van der Waals surface area contributed by atoms with Crippen LogP contribution in [0.2, 0.25) is 0 Å². The van der Waals surface area contributed by atoms with Gasteiger partial charge in [-0.1, -0.05) is 54.6 Å². The summed E-state index contributed by atoms with van der Waals surface area (Å²) in [4.78, 5) is 15.0. The van der Waals surface area contributed by atoms with Gasteiger partial charge in [0, 0.05) is 5.69 Å². The number of carbonyl (C=O) groups is 1. The first-order valence-electron chi connectivity index (χ1n) is 9.61. The number of anilines is 1. The van der Waals surface area contributed by atoms with E-state index in [0.717, 1.165) is 22.6 Å². The molecule has 0 N–H and O–H groups in total. The molecule has 1 amide bonds. The van der Waals surface area contributed by atoms with Crippen LogP contribution in [0.15, 0.2) is 78.9 Å². The van der Waals surface area contributed by atoms with Gasteiger partial charge in [-0.2, -0.15) is 0 Å². The minimum Gasteiger partial charge on any atom is -0.454 e. The van der Waals surface area contributed by atoms with Crippen LogP contribution in [0.3, 0.4) is 0 Å². The number of para-hydroxylation sites is 1. The van der Waals surface area contributed by atoms with Crippen LogP contribution in [0.5, 0.6) is 11.5 Å². The van der Waals surface area contributed by atoms with Crippen molar-refractivity contribution in [2.75, 3.05) is 11.7 Å². The number of nitrogens with zero attached hydrogens (tertiary/aromatic N) is 1. The number of fused-ring (bicyclic) bond motifs is 1. The van der Waals surface area contributed by atoms with E-state index in [2.05, 4.69) is 0 Å². The van der Waals surface area contributed by atoms with E-state index in [1.807, 2.05) is 78.9 Å². The van der Waals surface area contributed by atoms with Gasteiger partial charge in [0.2, 0.25) is 6.79 Å². The summed E-state index contributed by atoms with van der Waals surface area (Å²) in [6.45, 7) is 2.82. The Morgan fingerprint density at radius 2 is 1.62 bits per heavy atom. The van der Waals surface area contributed by atoms with Crippen molar-refractivity contribution in [3.05, 3.63) is 90.0 Å². The Morgan fingerprint density at radius 1 is 0.931 bits per heavy atom. The topological polar surface area (TPSA) is 48.0 Å². The molecule has 3 aromatic carbocycles. The maximum Gasteiger partial charge on any atom is 0.256 e. The molecule has 5 heteroatoms. The Kier molecular flexibility index (Phi) is 5.77. The summed E-state index contributed by atoms with van der Waals surface area (Å²) in [7, 11) is 0. The van der Waals surface area contributed by atoms with Gasteiger partial charge in [0.05, 0.1) is 13.2 Å². The summed E-state index contributed by atoms with van der Waals surface area (Å²) in [5, 5.41) is 0. The van der Waals surface area contributed by atoms with Crippen molar-refractivity contribution in [1.82, 2.24) is 0 Å². The van der Waals surface area contributed by atoms with Gasteiger partial charge in [0.1, 0.15) is 6.10 Å². The highest BCUT2D eigenvalue weighted by Gasteiger charge is 2.24. The van der Waals surface area contributed by atoms with Crippen LogP contribution in [-0.4, -0.2) is 18.8 Å². The fraction of sp³-hybridized carbons (Fsp3) is 0.208. The summed E-state index contributed by atoms with van der Waals surface area (Å²) in [6.07, 6.45) is -0.579. The molecule has 0 saturated carbocycles. The zero-order valence-electron chi connectivity index (χ0n) is 16.3. The van der Waals surface area contributed by atoms with Crippen molar-refractivity contribution in [2.45, 2.75) is 26.2 Å². The predicted octanol–water partition coefficient (Wildman–Crippen LogP) is 4.55. The number of carbonyl (C=O) groups excluding carboxylic acids is 1. The average Bonchev–Trinajstić information content (AvgIpc) is 3.24. The van der Waals surface area contributed by atoms with Gasteiger partial charge in [-0.05, 0) is 42.3 Å². The van der Waals surface area contributed by atoms with E-state index in [0.29, 0.717) is 18.9 Å². The highest BCUT2D eigenvalue weighted by Crippen LogP contribution is 2.33. The second kappa shape index (κ2) is 8.80. The number of rotatable bonds is 7. The maximum absolute atomic E-state index is 13.2. The van der Waals surface area contributed by atoms with Crippen molar-refractivity contribution in [2.24, 2.45) is 0 Å². The van der Waals surface area contributed by atoms with Gasteiger partial charge < -0.3 is 19.1 Å². The molecule has 0 saturated heterocycles. The van der Waals surface area contributed by atoms with Crippen molar-refractivity contribution in [3.8, 4) is 11.5 Å². The van der Waals surface area contributed by atoms with Crippen LogP contribution in [0, 0.1) is 0 Å². The molecule has 0 fully saturated rings. The molecule has 1 aliphatic rings. The predicted molar refractivity (Wildman–Crippen MR) is 111 cm³/mol. The van der Waals surface area contributed by atoms with E-state index in [1.165, 1.54) is 0 Å². The Hall–Kier alpha value is -3.31. The molecule has 0 aliphatic carbocycles. The Balaban J connectivity index is 1.51. The Bertz CT molecular complexity index is 959. The Labute approximate surface area is 170 Å². The van der Waals surface area contributed by atoms with Crippen LogP contribution in [0.1, 0.15) is 18.1 Å². The largest absolute Gasteiger partial charge is 0.454 e. The summed E-state index contributed by atoms with van der Waals surface area (Å²) in [6, 6.07) is 25.2. The SMILES string of the molecule is CC(OCc1ccccc1)C(=O)N(Cc1ccc2c(c1)OCO2)c1ccccc1. The van der Waals surface area contributed by atoms with Crippen molar-refractivity contribution >= 4 is 11.6 Å². The molecule has 0 aromatic heterocycles. The van der Waals surface area contributed by atoms with Crippen LogP contribution in [-0.2, 0) is 22.7 Å². The van der Waals surface area contributed by atoms with Crippen molar-refractivity contribution < 1.29 is 19.0 Å². The van der Waals surface area contributed by atoms with E-state index >= 15 is 0 Å². The van der Waals surface area contributed by atoms with Gasteiger partial charge in [0.15, 0.2) is 11.5 Å². The van der Waals surface area contributed by atoms with Crippen LogP contribution in [0.25, 0.3) is 0 Å². The van der Waals surface area contributed by atoms with E-state index < -0.39 is 6.10 Å². The first-order valence-corrected chi connectivity index (χ1v) is 9.61. The van der Waals surface area contributed by atoms with Gasteiger partial charge in [0.25, 0.3) is 5.91 Å². The van der Waals surface area contributed by atoms with Crippen LogP contribution < -0.4 is 14.4 Å². The molecular weight excluding hydrogens is 366 g/mol. The first-order chi connectivity index (χ1) is 14.2. The molecule has 29 heavy (non-hydrogen) atoms. The molecule has 0 bridgehead atoms. The van der Waals surface area contributed by atoms with Crippen LogP contribution in [0.4, 0.5) is 5.69 Å². The third-order valence-corrected chi connectivity index (χ3v) is 4.80. The molecule has 1 aliphatic heterocycles. The lowest BCUT2D eigenvalue weighted by Crippen LogP contribution is -2.38. The second-order valence-corrected chi connectivity index (χ2v) is 6.89. The Morgan fingerprint density at radius 3 is 2.38 bits per heavy atom. The minimum atomic E-state index is -0.579. The van der Waals surface area contributed by atoms with Crippen molar-refractivity contribution in [3.63, 3.8) is 0 Å². The van der Waals surface area contributed by atoms with E-state index in [1.54, 1.807) is 11.8 Å². The monoisotopic (exact) mass is 389 g/mol. The molecular formula is C24H23NO4. The molecule has 1 atom stereocenters. The molecule has 1 unspecified atom stereocenters. The lowest BCUT2D eigenvalue weighted by atomic mass is 10.1.